The van der Waals surface area contributed by atoms with Gasteiger partial charge in [0.15, 0.2) is 0 Å². The Labute approximate surface area is 199 Å². The lowest BCUT2D eigenvalue weighted by Crippen LogP contribution is -2.46. The molecular weight excluding hydrogens is 440 g/mol. The van der Waals surface area contributed by atoms with Crippen molar-refractivity contribution in [1.29, 1.82) is 0 Å². The summed E-state index contributed by atoms with van der Waals surface area (Å²) in [5.41, 5.74) is 9.06. The van der Waals surface area contributed by atoms with E-state index < -0.39 is 5.54 Å². The van der Waals surface area contributed by atoms with E-state index in [1.807, 2.05) is 30.3 Å². The highest BCUT2D eigenvalue weighted by atomic mass is 35.5. The van der Waals surface area contributed by atoms with E-state index in [0.717, 1.165) is 52.8 Å². The van der Waals surface area contributed by atoms with Crippen LogP contribution in [0.25, 0.3) is 11.3 Å². The van der Waals surface area contributed by atoms with E-state index >= 15 is 0 Å². The SMILES string of the molecule is C=N/C=C\C(=N/CNC1CCCC1)c1sc(C2(N)CCNCC2)nc1-c1cccc(Cl)c1. The number of halogens is 1. The number of nitrogens with two attached hydrogens (primary N) is 1. The van der Waals surface area contributed by atoms with Crippen LogP contribution >= 0.6 is 22.9 Å². The first-order valence-electron chi connectivity index (χ1n) is 11.3. The van der Waals surface area contributed by atoms with E-state index in [2.05, 4.69) is 22.3 Å². The zero-order valence-corrected chi connectivity index (χ0v) is 19.9. The van der Waals surface area contributed by atoms with Crippen LogP contribution in [0.2, 0.25) is 5.02 Å². The quantitative estimate of drug-likeness (QED) is 0.496. The average molecular weight is 471 g/mol. The molecule has 1 saturated heterocycles. The van der Waals surface area contributed by atoms with Gasteiger partial charge in [0.25, 0.3) is 0 Å². The standard InChI is InChI=1S/C24H31ClN6S/c1-27-12-9-20(30-16-29-19-7-2-3-8-19)22-21(17-5-4-6-18(25)15-17)31-23(32-22)24(26)10-13-28-14-11-24/h4-6,9,12,15,19,28-29H,1-3,7-8,10-11,13-14,16,26H2/b12-9-,30-20+. The lowest BCUT2D eigenvalue weighted by molar-refractivity contribution is 0.316. The van der Waals surface area contributed by atoms with Crippen LogP contribution in [-0.4, -0.2) is 43.2 Å². The first kappa shape index (κ1) is 23.3. The van der Waals surface area contributed by atoms with Crippen molar-refractivity contribution in [3.8, 4) is 11.3 Å². The Kier molecular flexibility index (Phi) is 7.86. The topological polar surface area (TPSA) is 87.7 Å². The molecule has 0 amide bonds. The van der Waals surface area contributed by atoms with Gasteiger partial charge in [0.2, 0.25) is 0 Å². The first-order chi connectivity index (χ1) is 15.6. The molecule has 4 rings (SSSR count). The van der Waals surface area contributed by atoms with Crippen molar-refractivity contribution in [1.82, 2.24) is 15.6 Å². The van der Waals surface area contributed by atoms with Crippen molar-refractivity contribution in [3.63, 3.8) is 0 Å². The normalized spacial score (nSPS) is 19.6. The smallest absolute Gasteiger partial charge is 0.114 e. The minimum absolute atomic E-state index is 0.435. The summed E-state index contributed by atoms with van der Waals surface area (Å²) in [7, 11) is 0. The highest BCUT2D eigenvalue weighted by Crippen LogP contribution is 2.37. The largest absolute Gasteiger partial charge is 0.319 e. The number of nitrogens with zero attached hydrogens (tertiary/aromatic N) is 3. The Morgan fingerprint density at radius 1 is 1.34 bits per heavy atom. The number of hydrogen-bond donors (Lipinski definition) is 3. The highest BCUT2D eigenvalue weighted by Gasteiger charge is 2.34. The van der Waals surface area contributed by atoms with Crippen LogP contribution in [0.1, 0.15) is 48.4 Å². The number of aromatic nitrogens is 1. The summed E-state index contributed by atoms with van der Waals surface area (Å²) >= 11 is 7.94. The second-order valence-electron chi connectivity index (χ2n) is 8.50. The number of nitrogens with one attached hydrogen (secondary N) is 2. The van der Waals surface area contributed by atoms with Gasteiger partial charge in [-0.1, -0.05) is 36.6 Å². The molecular formula is C24H31ClN6S. The van der Waals surface area contributed by atoms with E-state index in [0.29, 0.717) is 17.7 Å². The molecule has 6 nitrogen and oxygen atoms in total. The van der Waals surface area contributed by atoms with Crippen LogP contribution in [-0.2, 0) is 5.54 Å². The number of rotatable bonds is 8. The Bertz CT molecular complexity index is 986. The molecule has 0 bridgehead atoms. The Hall–Kier alpha value is -1.90. The summed E-state index contributed by atoms with van der Waals surface area (Å²) in [6.07, 6.45) is 10.3. The summed E-state index contributed by atoms with van der Waals surface area (Å²) in [4.78, 5) is 14.9. The average Bonchev–Trinajstić information content (AvgIpc) is 3.47. The number of allylic oxidation sites excluding steroid dienone is 1. The third kappa shape index (κ3) is 5.53. The van der Waals surface area contributed by atoms with Crippen molar-refractivity contribution in [2.45, 2.75) is 50.1 Å². The molecule has 1 aliphatic heterocycles. The monoisotopic (exact) mass is 470 g/mol. The van der Waals surface area contributed by atoms with Crippen molar-refractivity contribution >= 4 is 35.4 Å². The lowest BCUT2D eigenvalue weighted by atomic mass is 9.90. The minimum atomic E-state index is -0.435. The Morgan fingerprint density at radius 2 is 2.12 bits per heavy atom. The van der Waals surface area contributed by atoms with Gasteiger partial charge in [0, 0.05) is 22.8 Å². The van der Waals surface area contributed by atoms with Gasteiger partial charge in [-0.2, -0.15) is 0 Å². The number of aliphatic imine (C=N–C) groups is 2. The molecule has 0 atom stereocenters. The molecule has 1 saturated carbocycles. The number of hydrogen-bond acceptors (Lipinski definition) is 7. The zero-order chi connectivity index (χ0) is 22.4. The van der Waals surface area contributed by atoms with Crippen molar-refractivity contribution in [3.05, 3.63) is 51.4 Å². The molecule has 2 aromatic rings. The van der Waals surface area contributed by atoms with Crippen LogP contribution in [0.15, 0.2) is 46.5 Å². The van der Waals surface area contributed by atoms with Crippen LogP contribution in [0, 0.1) is 0 Å². The predicted octanol–water partition coefficient (Wildman–Crippen LogP) is 4.49. The van der Waals surface area contributed by atoms with Crippen molar-refractivity contribution in [2.75, 3.05) is 19.8 Å². The van der Waals surface area contributed by atoms with Crippen LogP contribution in [0.4, 0.5) is 0 Å². The molecule has 2 heterocycles. The van der Waals surface area contributed by atoms with Crippen molar-refractivity contribution in [2.24, 2.45) is 15.7 Å². The van der Waals surface area contributed by atoms with E-state index in [4.69, 9.17) is 27.3 Å². The fourth-order valence-corrected chi connectivity index (χ4v) is 5.76. The van der Waals surface area contributed by atoms with Gasteiger partial charge in [-0.15, -0.1) is 11.3 Å². The first-order valence-corrected chi connectivity index (χ1v) is 12.5. The van der Waals surface area contributed by atoms with Gasteiger partial charge in [-0.25, -0.2) is 4.98 Å². The lowest BCUT2D eigenvalue weighted by Gasteiger charge is -2.31. The third-order valence-corrected chi connectivity index (χ3v) is 7.73. The molecule has 8 heteroatoms. The molecule has 1 aromatic carbocycles. The van der Waals surface area contributed by atoms with E-state index in [9.17, 15) is 0 Å². The summed E-state index contributed by atoms with van der Waals surface area (Å²) in [5, 5.41) is 8.58. The zero-order valence-electron chi connectivity index (χ0n) is 18.3. The maximum absolute atomic E-state index is 6.84. The van der Waals surface area contributed by atoms with Gasteiger partial charge in [-0.05, 0) is 63.7 Å². The van der Waals surface area contributed by atoms with Crippen molar-refractivity contribution < 1.29 is 0 Å². The molecule has 1 aromatic heterocycles. The van der Waals surface area contributed by atoms with Gasteiger partial charge in [0.1, 0.15) is 5.01 Å². The van der Waals surface area contributed by atoms with Gasteiger partial charge < -0.3 is 11.1 Å². The molecule has 170 valence electrons. The molecule has 0 spiro atoms. The molecule has 1 aliphatic carbocycles. The van der Waals surface area contributed by atoms with Crippen LogP contribution in [0.5, 0.6) is 0 Å². The van der Waals surface area contributed by atoms with E-state index in [-0.39, 0.29) is 0 Å². The Morgan fingerprint density at radius 3 is 2.84 bits per heavy atom. The maximum atomic E-state index is 6.84. The fraction of sp³-hybridized carbons (Fsp3) is 0.458. The Balaban J connectivity index is 1.73. The van der Waals surface area contributed by atoms with Gasteiger partial charge in [-0.3, -0.25) is 15.3 Å². The predicted molar refractivity (Wildman–Crippen MR) is 136 cm³/mol. The summed E-state index contributed by atoms with van der Waals surface area (Å²) < 4.78 is 0. The molecule has 0 unspecified atom stereocenters. The van der Waals surface area contributed by atoms with Gasteiger partial charge in [0.05, 0.1) is 28.5 Å². The molecule has 2 fully saturated rings. The second kappa shape index (κ2) is 10.8. The minimum Gasteiger partial charge on any atom is -0.319 e. The molecule has 2 aliphatic rings. The number of piperidine rings is 1. The molecule has 4 N–H and O–H groups in total. The fourth-order valence-electron chi connectivity index (χ4n) is 4.34. The third-order valence-electron chi connectivity index (χ3n) is 6.20. The molecule has 32 heavy (non-hydrogen) atoms. The van der Waals surface area contributed by atoms with Crippen LogP contribution in [0.3, 0.4) is 0 Å². The van der Waals surface area contributed by atoms with Crippen LogP contribution < -0.4 is 16.4 Å². The number of benzene rings is 1. The second-order valence-corrected chi connectivity index (χ2v) is 9.93. The summed E-state index contributed by atoms with van der Waals surface area (Å²) in [6.45, 7) is 5.93. The molecule has 0 radical (unpaired) electrons. The summed E-state index contributed by atoms with van der Waals surface area (Å²) in [6, 6.07) is 8.34. The van der Waals surface area contributed by atoms with Gasteiger partial charge >= 0.3 is 0 Å². The highest BCUT2D eigenvalue weighted by molar-refractivity contribution is 7.14. The van der Waals surface area contributed by atoms with E-state index in [1.54, 1.807) is 17.5 Å². The number of thiazole rings is 1. The summed E-state index contributed by atoms with van der Waals surface area (Å²) in [5.74, 6) is 0. The van der Waals surface area contributed by atoms with E-state index in [1.165, 1.54) is 25.7 Å². The maximum Gasteiger partial charge on any atom is 0.114 e.